The molecule has 0 radical (unpaired) electrons. The first-order valence-electron chi connectivity index (χ1n) is 11.0. The summed E-state index contributed by atoms with van der Waals surface area (Å²) in [7, 11) is 1.92. The van der Waals surface area contributed by atoms with Crippen LogP contribution in [-0.2, 0) is 9.59 Å². The molecule has 2 N–H and O–H groups in total. The molecule has 1 aliphatic heterocycles. The van der Waals surface area contributed by atoms with Crippen molar-refractivity contribution in [2.45, 2.75) is 43.9 Å². The number of carbonyl (C=O) groups is 2. The summed E-state index contributed by atoms with van der Waals surface area (Å²) in [5.74, 6) is 0.976. The Kier molecular flexibility index (Phi) is 7.50. The van der Waals surface area contributed by atoms with Crippen molar-refractivity contribution in [1.82, 2.24) is 10.6 Å². The Morgan fingerprint density at radius 1 is 1.00 bits per heavy atom. The van der Waals surface area contributed by atoms with Gasteiger partial charge in [-0.2, -0.15) is 0 Å². The number of benzene rings is 2. The molecule has 1 heterocycles. The van der Waals surface area contributed by atoms with Crippen LogP contribution < -0.4 is 25.0 Å². The number of nitrogens with one attached hydrogen (secondary N) is 2. The van der Waals surface area contributed by atoms with Crippen LogP contribution in [0, 0.1) is 0 Å². The number of nitrogens with zero attached hydrogens (tertiary/aromatic N) is 1. The maximum atomic E-state index is 12.8. The molecule has 1 fully saturated rings. The maximum Gasteiger partial charge on any atom is 0.263 e. The van der Waals surface area contributed by atoms with Gasteiger partial charge in [-0.15, -0.1) is 0 Å². The largest absolute Gasteiger partial charge is 0.484 e. The number of likely N-dealkylation sites (N-methyl/N-ethyl adjacent to an activating group) is 1. The molecular formula is C24H27Cl2N3O4. The number of amides is 2. The minimum absolute atomic E-state index is 0.0441. The number of hydrogen-bond acceptors (Lipinski definition) is 5. The van der Waals surface area contributed by atoms with E-state index in [4.69, 9.17) is 32.7 Å². The molecule has 1 atom stereocenters. The molecule has 176 valence electrons. The van der Waals surface area contributed by atoms with Crippen molar-refractivity contribution in [3.8, 4) is 11.5 Å². The molecule has 0 unspecified atom stereocenters. The Hall–Kier alpha value is -2.64. The first kappa shape index (κ1) is 23.5. The SMILES string of the molecule is CN1C[C@@H](C(=O)N[C@H]2CC[C@H](NC(=O)COc3ccc(Cl)cc3)CC2)Oc2ccc(Cl)cc21. The van der Waals surface area contributed by atoms with E-state index in [0.29, 0.717) is 28.1 Å². The van der Waals surface area contributed by atoms with Crippen LogP contribution in [0.3, 0.4) is 0 Å². The Bertz CT molecular complexity index is 994. The predicted molar refractivity (Wildman–Crippen MR) is 128 cm³/mol. The summed E-state index contributed by atoms with van der Waals surface area (Å²) in [6, 6.07) is 12.4. The lowest BCUT2D eigenvalue weighted by molar-refractivity contribution is -0.129. The highest BCUT2D eigenvalue weighted by Crippen LogP contribution is 2.34. The molecule has 2 aromatic carbocycles. The number of halogens is 2. The van der Waals surface area contributed by atoms with E-state index in [1.807, 2.05) is 18.0 Å². The first-order chi connectivity index (χ1) is 15.9. The van der Waals surface area contributed by atoms with Crippen LogP contribution in [0.2, 0.25) is 10.0 Å². The van der Waals surface area contributed by atoms with Crippen LogP contribution in [0.5, 0.6) is 11.5 Å². The van der Waals surface area contributed by atoms with Gasteiger partial charge in [-0.1, -0.05) is 23.2 Å². The maximum absolute atomic E-state index is 12.8. The highest BCUT2D eigenvalue weighted by molar-refractivity contribution is 6.31. The predicted octanol–water partition coefficient (Wildman–Crippen LogP) is 3.81. The molecule has 0 bridgehead atoms. The third-order valence-corrected chi connectivity index (χ3v) is 6.44. The van der Waals surface area contributed by atoms with Crippen LogP contribution in [0.4, 0.5) is 5.69 Å². The first-order valence-corrected chi connectivity index (χ1v) is 11.8. The van der Waals surface area contributed by atoms with Gasteiger partial charge in [0.1, 0.15) is 11.5 Å². The quantitative estimate of drug-likeness (QED) is 0.641. The normalized spacial score (nSPS) is 22.0. The zero-order valence-electron chi connectivity index (χ0n) is 18.4. The van der Waals surface area contributed by atoms with Crippen LogP contribution >= 0.6 is 23.2 Å². The van der Waals surface area contributed by atoms with Crippen LogP contribution in [0.15, 0.2) is 42.5 Å². The van der Waals surface area contributed by atoms with Gasteiger partial charge in [0.25, 0.3) is 11.8 Å². The highest BCUT2D eigenvalue weighted by atomic mass is 35.5. The number of fused-ring (bicyclic) bond motifs is 1. The molecule has 1 saturated carbocycles. The molecule has 9 heteroatoms. The van der Waals surface area contributed by atoms with Crippen molar-refractivity contribution in [2.24, 2.45) is 0 Å². The van der Waals surface area contributed by atoms with Gasteiger partial charge < -0.3 is 25.0 Å². The molecule has 2 aromatic rings. The number of ether oxygens (including phenoxy) is 2. The fraction of sp³-hybridized carbons (Fsp3) is 0.417. The van der Waals surface area contributed by atoms with E-state index in [-0.39, 0.29) is 30.5 Å². The molecule has 2 aliphatic rings. The summed E-state index contributed by atoms with van der Waals surface area (Å²) >= 11 is 11.9. The van der Waals surface area contributed by atoms with Crippen LogP contribution in [-0.4, -0.2) is 50.2 Å². The molecule has 33 heavy (non-hydrogen) atoms. The molecule has 0 spiro atoms. The van der Waals surface area contributed by atoms with E-state index in [0.717, 1.165) is 31.4 Å². The summed E-state index contributed by atoms with van der Waals surface area (Å²) in [5, 5.41) is 7.38. The summed E-state index contributed by atoms with van der Waals surface area (Å²) in [5.41, 5.74) is 0.878. The van der Waals surface area contributed by atoms with Gasteiger partial charge in [0, 0.05) is 29.2 Å². The second-order valence-electron chi connectivity index (χ2n) is 8.47. The lowest BCUT2D eigenvalue weighted by Crippen LogP contribution is -2.52. The second kappa shape index (κ2) is 10.5. The average molecular weight is 492 g/mol. The molecule has 2 amide bonds. The van der Waals surface area contributed by atoms with Crippen molar-refractivity contribution in [3.63, 3.8) is 0 Å². The van der Waals surface area contributed by atoms with E-state index in [2.05, 4.69) is 10.6 Å². The molecule has 0 saturated heterocycles. The monoisotopic (exact) mass is 491 g/mol. The number of hydrogen-bond donors (Lipinski definition) is 2. The molecule has 4 rings (SSSR count). The van der Waals surface area contributed by atoms with Gasteiger partial charge in [0.15, 0.2) is 12.7 Å². The Morgan fingerprint density at radius 3 is 2.33 bits per heavy atom. The van der Waals surface area contributed by atoms with Gasteiger partial charge in [0.05, 0.1) is 12.2 Å². The lowest BCUT2D eigenvalue weighted by atomic mass is 9.91. The standard InChI is InChI=1S/C24H27Cl2N3O4/c1-29-13-22(33-21-11-4-16(26)12-20(21)29)24(31)28-18-7-5-17(6-8-18)27-23(30)14-32-19-9-2-15(25)3-10-19/h2-4,9-12,17-18,22H,5-8,13-14H2,1H3,(H,27,30)(H,28,31)/t17-,18-,22-/m0/s1. The Morgan fingerprint density at radius 2 is 1.64 bits per heavy atom. The van der Waals surface area contributed by atoms with Gasteiger partial charge in [-0.05, 0) is 68.1 Å². The van der Waals surface area contributed by atoms with Gasteiger partial charge in [-0.3, -0.25) is 9.59 Å². The van der Waals surface area contributed by atoms with Crippen molar-refractivity contribution in [3.05, 3.63) is 52.5 Å². The third kappa shape index (κ3) is 6.24. The minimum atomic E-state index is -0.578. The number of carbonyl (C=O) groups excluding carboxylic acids is 2. The van der Waals surface area contributed by atoms with Gasteiger partial charge in [0.2, 0.25) is 0 Å². The number of rotatable bonds is 6. The third-order valence-electron chi connectivity index (χ3n) is 5.96. The topological polar surface area (TPSA) is 79.9 Å². The smallest absolute Gasteiger partial charge is 0.263 e. The molecule has 1 aliphatic carbocycles. The van der Waals surface area contributed by atoms with Gasteiger partial charge >= 0.3 is 0 Å². The molecule has 0 aromatic heterocycles. The van der Waals surface area contributed by atoms with Crippen LogP contribution in [0.25, 0.3) is 0 Å². The second-order valence-corrected chi connectivity index (χ2v) is 9.34. The van der Waals surface area contributed by atoms with E-state index < -0.39 is 6.10 Å². The zero-order chi connectivity index (χ0) is 23.4. The summed E-state index contributed by atoms with van der Waals surface area (Å²) in [6.45, 7) is 0.412. The Labute approximate surface area is 203 Å². The fourth-order valence-corrected chi connectivity index (χ4v) is 4.48. The van der Waals surface area contributed by atoms with Crippen molar-refractivity contribution < 1.29 is 19.1 Å². The summed E-state index contributed by atoms with van der Waals surface area (Å²) in [6.07, 6.45) is 2.60. The van der Waals surface area contributed by atoms with E-state index >= 15 is 0 Å². The molecular weight excluding hydrogens is 465 g/mol. The van der Waals surface area contributed by atoms with Gasteiger partial charge in [-0.25, -0.2) is 0 Å². The Balaban J connectivity index is 1.19. The highest BCUT2D eigenvalue weighted by Gasteiger charge is 2.31. The zero-order valence-corrected chi connectivity index (χ0v) is 19.9. The van der Waals surface area contributed by atoms with Crippen molar-refractivity contribution in [2.75, 3.05) is 25.1 Å². The van der Waals surface area contributed by atoms with E-state index in [1.165, 1.54) is 0 Å². The summed E-state index contributed by atoms with van der Waals surface area (Å²) < 4.78 is 11.4. The average Bonchev–Trinajstić information content (AvgIpc) is 2.80. The van der Waals surface area contributed by atoms with E-state index in [9.17, 15) is 9.59 Å². The van der Waals surface area contributed by atoms with Crippen molar-refractivity contribution >= 4 is 40.7 Å². The van der Waals surface area contributed by atoms with Crippen molar-refractivity contribution in [1.29, 1.82) is 0 Å². The van der Waals surface area contributed by atoms with E-state index in [1.54, 1.807) is 36.4 Å². The minimum Gasteiger partial charge on any atom is -0.484 e. The lowest BCUT2D eigenvalue weighted by Gasteiger charge is -2.35. The summed E-state index contributed by atoms with van der Waals surface area (Å²) in [4.78, 5) is 27.0. The molecule has 7 nitrogen and oxygen atoms in total. The number of anilines is 1. The fourth-order valence-electron chi connectivity index (χ4n) is 4.19. The van der Waals surface area contributed by atoms with Crippen LogP contribution in [0.1, 0.15) is 25.7 Å².